The van der Waals surface area contributed by atoms with Crippen molar-refractivity contribution in [2.45, 2.75) is 12.5 Å². The van der Waals surface area contributed by atoms with E-state index in [1.165, 1.54) is 42.5 Å². The molecule has 0 aliphatic carbocycles. The molecule has 0 fully saturated rings. The highest BCUT2D eigenvalue weighted by Crippen LogP contribution is 2.14. The predicted molar refractivity (Wildman–Crippen MR) is 82.1 cm³/mol. The monoisotopic (exact) mass is 332 g/mol. The van der Waals surface area contributed by atoms with Gasteiger partial charge in [0.15, 0.2) is 0 Å². The molecule has 7 nitrogen and oxygen atoms in total. The van der Waals surface area contributed by atoms with Crippen LogP contribution in [0.1, 0.15) is 15.9 Å². The average molecular weight is 332 g/mol. The van der Waals surface area contributed by atoms with Crippen molar-refractivity contribution in [3.63, 3.8) is 0 Å². The maximum absolute atomic E-state index is 13.6. The first-order chi connectivity index (χ1) is 11.4. The number of aliphatic carboxylic acids is 1. The van der Waals surface area contributed by atoms with Crippen LogP contribution in [0.15, 0.2) is 48.5 Å². The largest absolute Gasteiger partial charge is 0.480 e. The minimum absolute atomic E-state index is 0.0898. The van der Waals surface area contributed by atoms with Crippen molar-refractivity contribution in [3.05, 3.63) is 75.6 Å². The molecule has 0 radical (unpaired) electrons. The number of benzene rings is 2. The number of halogens is 1. The maximum atomic E-state index is 13.6. The first-order valence-electron chi connectivity index (χ1n) is 6.90. The second kappa shape index (κ2) is 7.32. The third-order valence-electron chi connectivity index (χ3n) is 3.31. The van der Waals surface area contributed by atoms with E-state index in [4.69, 9.17) is 0 Å². The molecular weight excluding hydrogens is 319 g/mol. The molecule has 2 N–H and O–H groups in total. The van der Waals surface area contributed by atoms with Gasteiger partial charge in [-0.2, -0.15) is 0 Å². The average Bonchev–Trinajstić information content (AvgIpc) is 2.54. The van der Waals surface area contributed by atoms with Gasteiger partial charge in [0.2, 0.25) is 0 Å². The third kappa shape index (κ3) is 4.13. The van der Waals surface area contributed by atoms with E-state index >= 15 is 0 Å². The van der Waals surface area contributed by atoms with Gasteiger partial charge in [-0.25, -0.2) is 9.18 Å². The summed E-state index contributed by atoms with van der Waals surface area (Å²) < 4.78 is 13.6. The van der Waals surface area contributed by atoms with Crippen LogP contribution in [0.3, 0.4) is 0 Å². The Morgan fingerprint density at radius 1 is 1.17 bits per heavy atom. The Balaban J connectivity index is 2.12. The highest BCUT2D eigenvalue weighted by atomic mass is 19.1. The molecule has 0 aliphatic heterocycles. The number of nitro benzene ring substituents is 1. The normalized spacial score (nSPS) is 11.5. The van der Waals surface area contributed by atoms with Gasteiger partial charge in [0, 0.05) is 18.6 Å². The van der Waals surface area contributed by atoms with Crippen LogP contribution in [0.2, 0.25) is 0 Å². The minimum Gasteiger partial charge on any atom is -0.480 e. The molecule has 2 aromatic rings. The topological polar surface area (TPSA) is 110 Å². The maximum Gasteiger partial charge on any atom is 0.326 e. The van der Waals surface area contributed by atoms with Crippen molar-refractivity contribution >= 4 is 17.6 Å². The van der Waals surface area contributed by atoms with Gasteiger partial charge in [0.1, 0.15) is 11.9 Å². The fourth-order valence-corrected chi connectivity index (χ4v) is 2.07. The molecule has 24 heavy (non-hydrogen) atoms. The summed E-state index contributed by atoms with van der Waals surface area (Å²) in [6, 6.07) is 9.23. The molecule has 1 amide bonds. The summed E-state index contributed by atoms with van der Waals surface area (Å²) in [6.07, 6.45) is -0.0898. The number of nitro groups is 1. The Bertz CT molecular complexity index is 776. The van der Waals surface area contributed by atoms with Crippen LogP contribution in [-0.4, -0.2) is 27.9 Å². The van der Waals surface area contributed by atoms with Gasteiger partial charge in [-0.15, -0.1) is 0 Å². The van der Waals surface area contributed by atoms with Gasteiger partial charge in [-0.3, -0.25) is 14.9 Å². The number of nitrogens with one attached hydrogen (secondary N) is 1. The van der Waals surface area contributed by atoms with Gasteiger partial charge < -0.3 is 10.4 Å². The highest BCUT2D eigenvalue weighted by molar-refractivity contribution is 5.96. The molecule has 0 aromatic heterocycles. The van der Waals surface area contributed by atoms with Crippen LogP contribution in [0.5, 0.6) is 0 Å². The Labute approximate surface area is 135 Å². The van der Waals surface area contributed by atoms with Gasteiger partial charge in [0.25, 0.3) is 11.6 Å². The molecule has 0 unspecified atom stereocenters. The Hall–Kier alpha value is -3.29. The van der Waals surface area contributed by atoms with Crippen molar-refractivity contribution in [1.29, 1.82) is 0 Å². The van der Waals surface area contributed by atoms with Crippen molar-refractivity contribution in [3.8, 4) is 0 Å². The summed E-state index contributed by atoms with van der Waals surface area (Å²) in [5.74, 6) is -2.89. The van der Waals surface area contributed by atoms with E-state index in [1.54, 1.807) is 0 Å². The smallest absolute Gasteiger partial charge is 0.326 e. The van der Waals surface area contributed by atoms with Crippen LogP contribution >= 0.6 is 0 Å². The fourth-order valence-electron chi connectivity index (χ4n) is 2.07. The standard InChI is InChI=1S/C16H13FN2O5/c17-13-4-2-1-3-12(13)15(20)18-14(16(21)22)9-10-5-7-11(8-6-10)19(23)24/h1-8,14H,9H2,(H,18,20)(H,21,22)/t14-/m1/s1. The zero-order valence-corrected chi connectivity index (χ0v) is 12.3. The number of nitrogens with zero attached hydrogens (tertiary/aromatic N) is 1. The van der Waals surface area contributed by atoms with E-state index in [0.29, 0.717) is 5.56 Å². The summed E-state index contributed by atoms with van der Waals surface area (Å²) in [4.78, 5) is 33.3. The summed E-state index contributed by atoms with van der Waals surface area (Å²) >= 11 is 0. The van der Waals surface area contributed by atoms with Gasteiger partial charge >= 0.3 is 5.97 Å². The lowest BCUT2D eigenvalue weighted by Crippen LogP contribution is -2.42. The molecule has 1 atom stereocenters. The molecule has 2 rings (SSSR count). The number of carbonyl (C=O) groups excluding carboxylic acids is 1. The van der Waals surface area contributed by atoms with E-state index in [9.17, 15) is 29.2 Å². The summed E-state index contributed by atoms with van der Waals surface area (Å²) in [5.41, 5.74) is 0.107. The van der Waals surface area contributed by atoms with Crippen molar-refractivity contribution in [1.82, 2.24) is 5.32 Å². The van der Waals surface area contributed by atoms with E-state index in [2.05, 4.69) is 5.32 Å². The summed E-state index contributed by atoms with van der Waals surface area (Å²) in [6.45, 7) is 0. The number of carboxylic acids is 1. The van der Waals surface area contributed by atoms with Crippen LogP contribution in [-0.2, 0) is 11.2 Å². The van der Waals surface area contributed by atoms with Gasteiger partial charge in [-0.05, 0) is 17.7 Å². The van der Waals surface area contributed by atoms with Crippen LogP contribution in [0.25, 0.3) is 0 Å². The predicted octanol–water partition coefficient (Wildman–Crippen LogP) is 2.16. The number of rotatable bonds is 6. The zero-order chi connectivity index (χ0) is 17.7. The Morgan fingerprint density at radius 3 is 2.33 bits per heavy atom. The van der Waals surface area contributed by atoms with E-state index < -0.39 is 28.7 Å². The Morgan fingerprint density at radius 2 is 1.79 bits per heavy atom. The third-order valence-corrected chi connectivity index (χ3v) is 3.31. The lowest BCUT2D eigenvalue weighted by atomic mass is 10.0. The quantitative estimate of drug-likeness (QED) is 0.622. The van der Waals surface area contributed by atoms with Gasteiger partial charge in [0.05, 0.1) is 10.5 Å². The van der Waals surface area contributed by atoms with Gasteiger partial charge in [-0.1, -0.05) is 24.3 Å². The zero-order valence-electron chi connectivity index (χ0n) is 12.3. The minimum atomic E-state index is -1.29. The Kier molecular flexibility index (Phi) is 5.20. The molecule has 124 valence electrons. The second-order valence-electron chi connectivity index (χ2n) is 4.97. The molecule has 0 heterocycles. The van der Waals surface area contributed by atoms with E-state index in [0.717, 1.165) is 6.07 Å². The molecule has 0 bridgehead atoms. The van der Waals surface area contributed by atoms with Crippen molar-refractivity contribution in [2.24, 2.45) is 0 Å². The lowest BCUT2D eigenvalue weighted by Gasteiger charge is -2.15. The summed E-state index contributed by atoms with van der Waals surface area (Å²) in [7, 11) is 0. The van der Waals surface area contributed by atoms with Crippen LogP contribution < -0.4 is 5.32 Å². The fraction of sp³-hybridized carbons (Fsp3) is 0.125. The molecule has 8 heteroatoms. The molecule has 2 aromatic carbocycles. The summed E-state index contributed by atoms with van der Waals surface area (Å²) in [5, 5.41) is 22.1. The second-order valence-corrected chi connectivity index (χ2v) is 4.97. The number of hydrogen-bond donors (Lipinski definition) is 2. The van der Waals surface area contributed by atoms with Crippen molar-refractivity contribution < 1.29 is 24.0 Å². The van der Waals surface area contributed by atoms with Crippen LogP contribution in [0.4, 0.5) is 10.1 Å². The highest BCUT2D eigenvalue weighted by Gasteiger charge is 2.22. The number of amides is 1. The first kappa shape index (κ1) is 17.1. The lowest BCUT2D eigenvalue weighted by molar-refractivity contribution is -0.384. The number of hydrogen-bond acceptors (Lipinski definition) is 4. The number of non-ortho nitro benzene ring substituents is 1. The molecular formula is C16H13FN2O5. The number of carbonyl (C=O) groups is 2. The van der Waals surface area contributed by atoms with E-state index in [-0.39, 0.29) is 17.7 Å². The molecule has 0 saturated carbocycles. The molecule has 0 aliphatic rings. The van der Waals surface area contributed by atoms with Crippen molar-refractivity contribution in [2.75, 3.05) is 0 Å². The molecule has 0 spiro atoms. The SMILES string of the molecule is O=C(N[C@H](Cc1ccc([N+](=O)[O-])cc1)C(=O)O)c1ccccc1F. The number of carboxylic acid groups (broad SMARTS) is 1. The first-order valence-corrected chi connectivity index (χ1v) is 6.90. The molecule has 0 saturated heterocycles. The van der Waals surface area contributed by atoms with E-state index in [1.807, 2.05) is 0 Å². The van der Waals surface area contributed by atoms with Crippen LogP contribution in [0, 0.1) is 15.9 Å².